The summed E-state index contributed by atoms with van der Waals surface area (Å²) in [5, 5.41) is 2.84. The summed E-state index contributed by atoms with van der Waals surface area (Å²) in [7, 11) is 1.13. The molecule has 0 aliphatic rings. The molecule has 0 saturated carbocycles. The molecule has 1 aromatic rings. The summed E-state index contributed by atoms with van der Waals surface area (Å²) in [5.74, 6) is -2.00. The van der Waals surface area contributed by atoms with E-state index in [-0.39, 0.29) is 5.69 Å². The van der Waals surface area contributed by atoms with E-state index in [0.29, 0.717) is 6.54 Å². The van der Waals surface area contributed by atoms with Crippen molar-refractivity contribution in [3.05, 3.63) is 29.3 Å². The first-order valence-electron chi connectivity index (χ1n) is 6.41. The van der Waals surface area contributed by atoms with Crippen molar-refractivity contribution in [1.29, 1.82) is 0 Å². The molecule has 6 heteroatoms. The number of unbranched alkanes of at least 4 members (excludes halogenated alkanes) is 2. The smallest absolute Gasteiger partial charge is 0.340 e. The Bertz CT molecular complexity index is 455. The molecule has 0 radical (unpaired) electrons. The van der Waals surface area contributed by atoms with Crippen LogP contribution in [0.2, 0.25) is 0 Å². The lowest BCUT2D eigenvalue weighted by Crippen LogP contribution is -2.10. The summed E-state index contributed by atoms with van der Waals surface area (Å²) in [5.41, 5.74) is -0.324. The van der Waals surface area contributed by atoms with Gasteiger partial charge in [0, 0.05) is 6.54 Å². The number of hydrogen-bond donors (Lipinski definition) is 1. The number of carbonyl (C=O) groups is 1. The van der Waals surface area contributed by atoms with E-state index >= 15 is 0 Å². The molecule has 1 rings (SSSR count). The van der Waals surface area contributed by atoms with Gasteiger partial charge in [0.25, 0.3) is 0 Å². The van der Waals surface area contributed by atoms with Crippen LogP contribution in [0.15, 0.2) is 12.1 Å². The molecule has 0 saturated heterocycles. The van der Waals surface area contributed by atoms with E-state index in [4.69, 9.17) is 0 Å². The molecular weight excluding hydrogens is 284 g/mol. The molecular formula is C14H19F2NO2S. The fourth-order valence-corrected chi connectivity index (χ4v) is 2.22. The van der Waals surface area contributed by atoms with E-state index in [0.717, 1.165) is 32.1 Å². The van der Waals surface area contributed by atoms with Crippen LogP contribution in [-0.2, 0) is 4.74 Å². The van der Waals surface area contributed by atoms with E-state index in [1.165, 1.54) is 12.1 Å². The predicted octanol–water partition coefficient (Wildman–Crippen LogP) is 3.70. The van der Waals surface area contributed by atoms with Crippen molar-refractivity contribution in [3.63, 3.8) is 0 Å². The second kappa shape index (κ2) is 8.79. The third-order valence-electron chi connectivity index (χ3n) is 2.83. The molecule has 0 atom stereocenters. The van der Waals surface area contributed by atoms with E-state index in [2.05, 4.69) is 16.3 Å². The van der Waals surface area contributed by atoms with Crippen molar-refractivity contribution in [2.24, 2.45) is 0 Å². The average molecular weight is 303 g/mol. The highest BCUT2D eigenvalue weighted by Gasteiger charge is 2.18. The maximum absolute atomic E-state index is 13.7. The van der Waals surface area contributed by atoms with Crippen molar-refractivity contribution in [2.75, 3.05) is 31.0 Å². The summed E-state index contributed by atoms with van der Waals surface area (Å²) >= 11 is 1.79. The van der Waals surface area contributed by atoms with Gasteiger partial charge in [-0.1, -0.05) is 6.42 Å². The standard InChI is InChI=1S/C14H19F2NO2S/c1-19-14(18)10-6-7-11(13(16)12(10)15)17-8-4-3-5-9-20-2/h6-7,17H,3-5,8-9H2,1-2H3. The Balaban J connectivity index is 2.55. The number of carbonyl (C=O) groups excluding carboxylic acids is 1. The molecule has 0 aliphatic heterocycles. The van der Waals surface area contributed by atoms with E-state index in [1.54, 1.807) is 11.8 Å². The largest absolute Gasteiger partial charge is 0.465 e. The van der Waals surface area contributed by atoms with Gasteiger partial charge >= 0.3 is 5.97 Å². The molecule has 0 fully saturated rings. The van der Waals surface area contributed by atoms with E-state index in [9.17, 15) is 13.6 Å². The van der Waals surface area contributed by atoms with Crippen LogP contribution in [0, 0.1) is 11.6 Å². The molecule has 0 unspecified atom stereocenters. The first kappa shape index (κ1) is 16.8. The molecule has 3 nitrogen and oxygen atoms in total. The third kappa shape index (κ3) is 4.67. The summed E-state index contributed by atoms with van der Waals surface area (Å²) < 4.78 is 31.8. The highest BCUT2D eigenvalue weighted by Crippen LogP contribution is 2.21. The van der Waals surface area contributed by atoms with Gasteiger partial charge in [-0.25, -0.2) is 13.6 Å². The van der Waals surface area contributed by atoms with Gasteiger partial charge in [-0.05, 0) is 37.0 Å². The summed E-state index contributed by atoms with van der Waals surface area (Å²) in [6.07, 6.45) is 5.10. The highest BCUT2D eigenvalue weighted by atomic mass is 32.2. The number of halogens is 2. The lowest BCUT2D eigenvalue weighted by Gasteiger charge is -2.09. The molecule has 0 aliphatic carbocycles. The fraction of sp³-hybridized carbons (Fsp3) is 0.500. The van der Waals surface area contributed by atoms with Crippen LogP contribution >= 0.6 is 11.8 Å². The number of rotatable bonds is 8. The maximum Gasteiger partial charge on any atom is 0.340 e. The molecule has 0 bridgehead atoms. The van der Waals surface area contributed by atoms with Gasteiger partial charge in [-0.3, -0.25) is 0 Å². The molecule has 0 amide bonds. The SMILES string of the molecule is COC(=O)c1ccc(NCCCCCSC)c(F)c1F. The minimum atomic E-state index is -1.18. The second-order valence-corrected chi connectivity index (χ2v) is 5.25. The van der Waals surface area contributed by atoms with Gasteiger partial charge in [-0.2, -0.15) is 11.8 Å². The summed E-state index contributed by atoms with van der Waals surface area (Å²) in [6.45, 7) is 0.572. The summed E-state index contributed by atoms with van der Waals surface area (Å²) in [6, 6.07) is 2.58. The maximum atomic E-state index is 13.7. The Kier molecular flexibility index (Phi) is 7.36. The van der Waals surface area contributed by atoms with Crippen LogP contribution in [0.5, 0.6) is 0 Å². The molecule has 1 aromatic carbocycles. The van der Waals surface area contributed by atoms with E-state index in [1.807, 2.05) is 0 Å². The first-order chi connectivity index (χ1) is 9.61. The zero-order valence-electron chi connectivity index (χ0n) is 11.7. The number of thioether (sulfide) groups is 1. The van der Waals surface area contributed by atoms with Crippen molar-refractivity contribution in [1.82, 2.24) is 0 Å². The molecule has 0 aromatic heterocycles. The number of methoxy groups -OCH3 is 1. The zero-order chi connectivity index (χ0) is 15.0. The number of benzene rings is 1. The fourth-order valence-electron chi connectivity index (χ4n) is 1.72. The minimum absolute atomic E-state index is 0.0695. The van der Waals surface area contributed by atoms with Crippen LogP contribution in [0.25, 0.3) is 0 Å². The van der Waals surface area contributed by atoms with Crippen molar-refractivity contribution >= 4 is 23.4 Å². The molecule has 20 heavy (non-hydrogen) atoms. The van der Waals surface area contributed by atoms with Crippen LogP contribution in [-0.4, -0.2) is 31.6 Å². The van der Waals surface area contributed by atoms with Gasteiger partial charge in [0.05, 0.1) is 18.4 Å². The van der Waals surface area contributed by atoms with Gasteiger partial charge in [-0.15, -0.1) is 0 Å². The predicted molar refractivity (Wildman–Crippen MR) is 78.4 cm³/mol. The number of hydrogen-bond acceptors (Lipinski definition) is 4. The van der Waals surface area contributed by atoms with Crippen LogP contribution in [0.3, 0.4) is 0 Å². The topological polar surface area (TPSA) is 38.3 Å². The second-order valence-electron chi connectivity index (χ2n) is 4.26. The van der Waals surface area contributed by atoms with Gasteiger partial charge in [0.2, 0.25) is 0 Å². The van der Waals surface area contributed by atoms with Crippen molar-refractivity contribution < 1.29 is 18.3 Å². The van der Waals surface area contributed by atoms with Crippen LogP contribution < -0.4 is 5.32 Å². The Morgan fingerprint density at radius 3 is 2.65 bits per heavy atom. The highest BCUT2D eigenvalue weighted by molar-refractivity contribution is 7.98. The zero-order valence-corrected chi connectivity index (χ0v) is 12.5. The minimum Gasteiger partial charge on any atom is -0.465 e. The Hall–Kier alpha value is -1.30. The van der Waals surface area contributed by atoms with Gasteiger partial charge in [0.1, 0.15) is 0 Å². The average Bonchev–Trinajstić information content (AvgIpc) is 2.46. The number of nitrogens with one attached hydrogen (secondary N) is 1. The van der Waals surface area contributed by atoms with Crippen molar-refractivity contribution in [2.45, 2.75) is 19.3 Å². The van der Waals surface area contributed by atoms with Gasteiger partial charge in [0.15, 0.2) is 11.6 Å². The lowest BCUT2D eigenvalue weighted by molar-refractivity contribution is 0.0594. The molecule has 0 heterocycles. The normalized spacial score (nSPS) is 10.4. The monoisotopic (exact) mass is 303 g/mol. The first-order valence-corrected chi connectivity index (χ1v) is 7.80. The van der Waals surface area contributed by atoms with Crippen LogP contribution in [0.1, 0.15) is 29.6 Å². The summed E-state index contributed by atoms with van der Waals surface area (Å²) in [4.78, 5) is 11.2. The molecule has 1 N–H and O–H groups in total. The third-order valence-corrected chi connectivity index (χ3v) is 3.53. The van der Waals surface area contributed by atoms with Crippen molar-refractivity contribution in [3.8, 4) is 0 Å². The number of anilines is 1. The van der Waals surface area contributed by atoms with Gasteiger partial charge < -0.3 is 10.1 Å². The van der Waals surface area contributed by atoms with E-state index < -0.39 is 23.2 Å². The Labute approximate surface area is 122 Å². The molecule has 112 valence electrons. The lowest BCUT2D eigenvalue weighted by atomic mass is 10.1. The molecule has 0 spiro atoms. The Morgan fingerprint density at radius 2 is 2.00 bits per heavy atom. The number of ether oxygens (including phenoxy) is 1. The number of esters is 1. The quantitative estimate of drug-likeness (QED) is 0.587. The van der Waals surface area contributed by atoms with Crippen LogP contribution in [0.4, 0.5) is 14.5 Å². The Morgan fingerprint density at radius 1 is 1.25 bits per heavy atom.